The summed E-state index contributed by atoms with van der Waals surface area (Å²) in [5.74, 6) is 1.29. The number of hydrogen-bond donors (Lipinski definition) is 2. The van der Waals surface area contributed by atoms with E-state index in [1.165, 1.54) is 12.1 Å². The molecule has 0 saturated carbocycles. The number of aromatic nitrogens is 2. The minimum atomic E-state index is -0.361. The van der Waals surface area contributed by atoms with Gasteiger partial charge in [-0.3, -0.25) is 0 Å². The molecule has 4 nitrogen and oxygen atoms in total. The number of benzene rings is 4. The second-order valence-corrected chi connectivity index (χ2v) is 8.00. The van der Waals surface area contributed by atoms with Gasteiger partial charge in [0.05, 0.1) is 22.6 Å². The molecule has 0 aliphatic heterocycles. The molecule has 0 spiro atoms. The van der Waals surface area contributed by atoms with Crippen LogP contribution >= 0.6 is 11.6 Å². The fraction of sp³-hybridized carbons (Fsp3) is 0.115. The maximum atomic E-state index is 13.4. The number of nitrogens with one attached hydrogen (secondary N) is 2. The highest BCUT2D eigenvalue weighted by molar-refractivity contribution is 6.31. The van der Waals surface area contributed by atoms with Gasteiger partial charge in [0.25, 0.3) is 0 Å². The van der Waals surface area contributed by atoms with E-state index in [1.807, 2.05) is 48.5 Å². The molecule has 0 unspecified atom stereocenters. The molecule has 5 rings (SSSR count). The smallest absolute Gasteiger partial charge is 0.124 e. The van der Waals surface area contributed by atoms with Crippen molar-refractivity contribution in [3.63, 3.8) is 0 Å². The number of nitrogens with zero attached hydrogens (tertiary/aromatic N) is 1. The van der Waals surface area contributed by atoms with Gasteiger partial charge in [-0.2, -0.15) is 0 Å². The fourth-order valence-electron chi connectivity index (χ4n) is 3.82. The zero-order valence-corrected chi connectivity index (χ0v) is 18.0. The Morgan fingerprint density at radius 1 is 0.938 bits per heavy atom. The van der Waals surface area contributed by atoms with Crippen molar-refractivity contribution >= 4 is 33.4 Å². The van der Waals surface area contributed by atoms with Gasteiger partial charge in [-0.1, -0.05) is 60.1 Å². The summed E-state index contributed by atoms with van der Waals surface area (Å²) < 4.78 is 19.5. The third-order valence-corrected chi connectivity index (χ3v) is 5.78. The third-order valence-electron chi connectivity index (χ3n) is 5.43. The first-order chi connectivity index (χ1) is 15.7. The lowest BCUT2D eigenvalue weighted by Gasteiger charge is -2.15. The molecule has 1 aromatic heterocycles. The Bertz CT molecular complexity index is 1370. The van der Waals surface area contributed by atoms with E-state index in [2.05, 4.69) is 27.4 Å². The summed E-state index contributed by atoms with van der Waals surface area (Å²) in [5, 5.41) is 6.09. The number of fused-ring (bicyclic) bond motifs is 2. The van der Waals surface area contributed by atoms with Crippen molar-refractivity contribution < 1.29 is 9.13 Å². The van der Waals surface area contributed by atoms with Crippen LogP contribution < -0.4 is 10.1 Å². The third kappa shape index (κ3) is 4.31. The standard InChI is InChI=1S/C26H21ClFN3O/c27-22-13-19(28)11-9-18(22)16-32-25-12-10-17-5-1-2-6-20(17)21(25)14-29-15-26-30-23-7-3-4-8-24(23)31-26/h1-13,29H,14-16H2,(H,30,31). The highest BCUT2D eigenvalue weighted by Gasteiger charge is 2.11. The first-order valence-corrected chi connectivity index (χ1v) is 10.8. The summed E-state index contributed by atoms with van der Waals surface area (Å²) in [7, 11) is 0. The van der Waals surface area contributed by atoms with E-state index in [-0.39, 0.29) is 12.4 Å². The molecule has 1 heterocycles. The van der Waals surface area contributed by atoms with E-state index < -0.39 is 0 Å². The lowest BCUT2D eigenvalue weighted by molar-refractivity contribution is 0.302. The molecule has 0 fully saturated rings. The van der Waals surface area contributed by atoms with Crippen LogP contribution in [0.5, 0.6) is 5.75 Å². The van der Waals surface area contributed by atoms with E-state index in [0.717, 1.165) is 44.5 Å². The molecule has 0 aliphatic rings. The number of hydrogen-bond acceptors (Lipinski definition) is 3. The number of aromatic amines is 1. The molecule has 0 aliphatic carbocycles. The molecule has 0 atom stereocenters. The summed E-state index contributed by atoms with van der Waals surface area (Å²) in [5.41, 5.74) is 3.77. The van der Waals surface area contributed by atoms with E-state index in [9.17, 15) is 4.39 Å². The van der Waals surface area contributed by atoms with Gasteiger partial charge in [-0.25, -0.2) is 9.37 Å². The van der Waals surface area contributed by atoms with Crippen LogP contribution in [0.1, 0.15) is 17.0 Å². The predicted octanol–water partition coefficient (Wildman–Crippen LogP) is 6.38. The molecular formula is C26H21ClFN3O. The molecule has 2 N–H and O–H groups in total. The van der Waals surface area contributed by atoms with Gasteiger partial charge in [0.1, 0.15) is 24.0 Å². The predicted molar refractivity (Wildman–Crippen MR) is 126 cm³/mol. The molecule has 0 saturated heterocycles. The monoisotopic (exact) mass is 445 g/mol. The molecule has 5 aromatic rings. The van der Waals surface area contributed by atoms with Crippen molar-refractivity contribution in [3.8, 4) is 5.75 Å². The Labute approximate surface area is 190 Å². The zero-order valence-electron chi connectivity index (χ0n) is 17.2. The largest absolute Gasteiger partial charge is 0.488 e. The van der Waals surface area contributed by atoms with Gasteiger partial charge in [-0.05, 0) is 41.1 Å². The van der Waals surface area contributed by atoms with Crippen LogP contribution in [0.4, 0.5) is 4.39 Å². The number of ether oxygens (including phenoxy) is 1. The van der Waals surface area contributed by atoms with E-state index in [4.69, 9.17) is 16.3 Å². The molecule has 4 aromatic carbocycles. The zero-order chi connectivity index (χ0) is 21.9. The van der Waals surface area contributed by atoms with Crippen LogP contribution in [-0.4, -0.2) is 9.97 Å². The lowest BCUT2D eigenvalue weighted by atomic mass is 10.0. The summed E-state index contributed by atoms with van der Waals surface area (Å²) in [4.78, 5) is 7.97. The number of rotatable bonds is 7. The molecule has 32 heavy (non-hydrogen) atoms. The van der Waals surface area contributed by atoms with Crippen LogP contribution in [0.15, 0.2) is 78.9 Å². The molecule has 0 bridgehead atoms. The Hall–Kier alpha value is -3.41. The lowest BCUT2D eigenvalue weighted by Crippen LogP contribution is -2.15. The van der Waals surface area contributed by atoms with Crippen LogP contribution in [0.25, 0.3) is 21.8 Å². The summed E-state index contributed by atoms with van der Waals surface area (Å²) in [6, 6.07) is 24.5. The Morgan fingerprint density at radius 2 is 1.78 bits per heavy atom. The van der Waals surface area contributed by atoms with E-state index >= 15 is 0 Å². The van der Waals surface area contributed by atoms with Crippen molar-refractivity contribution in [2.24, 2.45) is 0 Å². The SMILES string of the molecule is Fc1ccc(COc2ccc3ccccc3c2CNCc2nc3ccccc3[nH]2)c(Cl)c1. The maximum absolute atomic E-state index is 13.4. The van der Waals surface area contributed by atoms with Crippen LogP contribution in [0, 0.1) is 5.82 Å². The van der Waals surface area contributed by atoms with Crippen molar-refractivity contribution in [1.29, 1.82) is 0 Å². The number of imidazole rings is 1. The van der Waals surface area contributed by atoms with Crippen LogP contribution in [0.3, 0.4) is 0 Å². The van der Waals surface area contributed by atoms with Crippen LogP contribution in [-0.2, 0) is 19.7 Å². The van der Waals surface area contributed by atoms with Crippen molar-refractivity contribution in [2.45, 2.75) is 19.7 Å². The van der Waals surface area contributed by atoms with Crippen molar-refractivity contribution in [2.75, 3.05) is 0 Å². The molecule has 0 radical (unpaired) electrons. The fourth-order valence-corrected chi connectivity index (χ4v) is 4.04. The number of H-pyrrole nitrogens is 1. The number of para-hydroxylation sites is 2. The maximum Gasteiger partial charge on any atom is 0.124 e. The van der Waals surface area contributed by atoms with Crippen LogP contribution in [0.2, 0.25) is 5.02 Å². The molecule has 0 amide bonds. The van der Waals surface area contributed by atoms with Gasteiger partial charge in [0, 0.05) is 17.7 Å². The Morgan fingerprint density at radius 3 is 2.66 bits per heavy atom. The first-order valence-electron chi connectivity index (χ1n) is 10.4. The minimum absolute atomic E-state index is 0.258. The minimum Gasteiger partial charge on any atom is -0.488 e. The molecular weight excluding hydrogens is 425 g/mol. The second-order valence-electron chi connectivity index (χ2n) is 7.59. The van der Waals surface area contributed by atoms with Crippen molar-refractivity contribution in [1.82, 2.24) is 15.3 Å². The average molecular weight is 446 g/mol. The summed E-state index contributed by atoms with van der Waals surface area (Å²) >= 11 is 6.17. The second kappa shape index (κ2) is 8.99. The normalized spacial score (nSPS) is 11.3. The van der Waals surface area contributed by atoms with Gasteiger partial charge in [0.2, 0.25) is 0 Å². The van der Waals surface area contributed by atoms with Crippen molar-refractivity contribution in [3.05, 3.63) is 107 Å². The Kier molecular flexibility index (Phi) is 5.75. The first kappa shape index (κ1) is 20.5. The van der Waals surface area contributed by atoms with E-state index in [0.29, 0.717) is 18.1 Å². The molecule has 6 heteroatoms. The summed E-state index contributed by atoms with van der Waals surface area (Å²) in [6.45, 7) is 1.46. The summed E-state index contributed by atoms with van der Waals surface area (Å²) in [6.07, 6.45) is 0. The Balaban J connectivity index is 1.37. The highest BCUT2D eigenvalue weighted by Crippen LogP contribution is 2.29. The van der Waals surface area contributed by atoms with Gasteiger partial charge in [0.15, 0.2) is 0 Å². The van der Waals surface area contributed by atoms with E-state index in [1.54, 1.807) is 6.07 Å². The average Bonchev–Trinajstić information content (AvgIpc) is 3.22. The number of halogens is 2. The topological polar surface area (TPSA) is 49.9 Å². The highest BCUT2D eigenvalue weighted by atomic mass is 35.5. The van der Waals surface area contributed by atoms with Gasteiger partial charge >= 0.3 is 0 Å². The van der Waals surface area contributed by atoms with Gasteiger partial charge in [-0.15, -0.1) is 0 Å². The molecule has 160 valence electrons. The van der Waals surface area contributed by atoms with Gasteiger partial charge < -0.3 is 15.0 Å². The quantitative estimate of drug-likeness (QED) is 0.305.